The van der Waals surface area contributed by atoms with E-state index in [1.807, 2.05) is 32.3 Å². The van der Waals surface area contributed by atoms with Crippen LogP contribution in [0.3, 0.4) is 0 Å². The zero-order chi connectivity index (χ0) is 19.2. The van der Waals surface area contributed by atoms with Crippen LogP contribution in [0.1, 0.15) is 35.6 Å². The molecule has 5 heteroatoms. The Morgan fingerprint density at radius 3 is 2.70 bits per heavy atom. The van der Waals surface area contributed by atoms with Crippen molar-refractivity contribution in [3.63, 3.8) is 0 Å². The number of aliphatic imine (C=N–C) groups is 1. The van der Waals surface area contributed by atoms with Crippen molar-refractivity contribution in [2.45, 2.75) is 31.7 Å². The second-order valence-corrected chi connectivity index (χ2v) is 7.22. The van der Waals surface area contributed by atoms with Crippen LogP contribution in [0.4, 0.5) is 5.69 Å². The Morgan fingerprint density at radius 2 is 1.93 bits per heavy atom. The molecular weight excluding hydrogens is 336 g/mol. The van der Waals surface area contributed by atoms with E-state index in [2.05, 4.69) is 39.5 Å². The number of guanidine groups is 1. The van der Waals surface area contributed by atoms with Gasteiger partial charge in [0.25, 0.3) is 0 Å². The number of likely N-dealkylation sites (N-methyl/N-ethyl adjacent to an activating group) is 1. The van der Waals surface area contributed by atoms with E-state index in [4.69, 9.17) is 10.5 Å². The number of benzene rings is 2. The summed E-state index contributed by atoms with van der Waals surface area (Å²) in [6.45, 7) is 0.557. The van der Waals surface area contributed by atoms with Gasteiger partial charge in [0.05, 0.1) is 19.7 Å². The topological polar surface area (TPSA) is 62.9 Å². The van der Waals surface area contributed by atoms with Crippen LogP contribution >= 0.6 is 0 Å². The molecule has 0 bridgehead atoms. The SMILES string of the molecule is COc1ccccc1C(CN=C(N)Nc1cccc2c1CCCC2)N(C)C. The molecule has 0 spiro atoms. The summed E-state index contributed by atoms with van der Waals surface area (Å²) in [7, 11) is 5.79. The van der Waals surface area contributed by atoms with Crippen LogP contribution in [0.15, 0.2) is 47.5 Å². The first kappa shape index (κ1) is 19.2. The van der Waals surface area contributed by atoms with Crippen molar-refractivity contribution in [3.05, 3.63) is 59.2 Å². The standard InChI is InChI=1S/C22H30N4O/c1-26(2)20(18-12-6-7-14-21(18)27-3)15-24-22(23)25-19-13-8-10-16-9-4-5-11-17(16)19/h6-8,10,12-14,20H,4-5,9,11,15H2,1-3H3,(H3,23,24,25). The number of nitrogens with two attached hydrogens (primary N) is 1. The Morgan fingerprint density at radius 1 is 1.15 bits per heavy atom. The van der Waals surface area contributed by atoms with Crippen LogP contribution in [0, 0.1) is 0 Å². The molecule has 1 aliphatic carbocycles. The van der Waals surface area contributed by atoms with Crippen LogP contribution in [0.5, 0.6) is 5.75 Å². The van der Waals surface area contributed by atoms with Crippen LogP contribution in [-0.4, -0.2) is 38.6 Å². The number of aryl methyl sites for hydroxylation is 1. The van der Waals surface area contributed by atoms with Gasteiger partial charge in [0.15, 0.2) is 5.96 Å². The Balaban J connectivity index is 1.76. The van der Waals surface area contributed by atoms with Gasteiger partial charge < -0.3 is 20.7 Å². The van der Waals surface area contributed by atoms with E-state index in [1.54, 1.807) is 7.11 Å². The minimum atomic E-state index is 0.0891. The first-order chi connectivity index (χ1) is 13.1. The van der Waals surface area contributed by atoms with Crippen molar-refractivity contribution in [1.29, 1.82) is 0 Å². The first-order valence-electron chi connectivity index (χ1n) is 9.57. The molecule has 144 valence electrons. The number of fused-ring (bicyclic) bond motifs is 1. The van der Waals surface area contributed by atoms with Gasteiger partial charge in [-0.05, 0) is 63.0 Å². The second kappa shape index (κ2) is 8.91. The Bertz CT molecular complexity index is 801. The monoisotopic (exact) mass is 366 g/mol. The highest BCUT2D eigenvalue weighted by molar-refractivity contribution is 5.93. The number of hydrogen-bond donors (Lipinski definition) is 2. The molecule has 5 nitrogen and oxygen atoms in total. The van der Waals surface area contributed by atoms with Gasteiger partial charge in [-0.25, -0.2) is 0 Å². The van der Waals surface area contributed by atoms with E-state index in [-0.39, 0.29) is 6.04 Å². The van der Waals surface area contributed by atoms with Gasteiger partial charge in [-0.3, -0.25) is 4.99 Å². The van der Waals surface area contributed by atoms with E-state index < -0.39 is 0 Å². The lowest BCUT2D eigenvalue weighted by Gasteiger charge is -2.25. The molecule has 0 saturated carbocycles. The van der Waals surface area contributed by atoms with E-state index in [9.17, 15) is 0 Å². The number of nitrogens with zero attached hydrogens (tertiary/aromatic N) is 2. The molecule has 0 heterocycles. The Hall–Kier alpha value is -2.53. The van der Waals surface area contributed by atoms with Crippen molar-refractivity contribution in [1.82, 2.24) is 4.90 Å². The number of para-hydroxylation sites is 1. The molecule has 0 radical (unpaired) electrons. The van der Waals surface area contributed by atoms with Crippen LogP contribution in [-0.2, 0) is 12.8 Å². The van der Waals surface area contributed by atoms with Gasteiger partial charge in [-0.2, -0.15) is 0 Å². The van der Waals surface area contributed by atoms with Crippen molar-refractivity contribution < 1.29 is 4.74 Å². The van der Waals surface area contributed by atoms with Crippen LogP contribution < -0.4 is 15.8 Å². The Kier molecular flexibility index (Phi) is 6.35. The van der Waals surface area contributed by atoms with Gasteiger partial charge in [-0.1, -0.05) is 30.3 Å². The fraction of sp³-hybridized carbons (Fsp3) is 0.409. The molecule has 1 atom stereocenters. The number of nitrogens with one attached hydrogen (secondary N) is 1. The van der Waals surface area contributed by atoms with Crippen LogP contribution in [0.25, 0.3) is 0 Å². The molecule has 0 amide bonds. The summed E-state index contributed by atoms with van der Waals surface area (Å²) in [4.78, 5) is 6.77. The first-order valence-corrected chi connectivity index (χ1v) is 9.57. The average molecular weight is 367 g/mol. The van der Waals surface area contributed by atoms with E-state index in [0.29, 0.717) is 12.5 Å². The lowest BCUT2D eigenvalue weighted by Crippen LogP contribution is -2.28. The third-order valence-electron chi connectivity index (χ3n) is 5.21. The summed E-state index contributed by atoms with van der Waals surface area (Å²) < 4.78 is 5.52. The molecular formula is C22H30N4O. The van der Waals surface area contributed by atoms with Crippen molar-refractivity contribution >= 4 is 11.6 Å². The minimum Gasteiger partial charge on any atom is -0.496 e. The van der Waals surface area contributed by atoms with E-state index in [1.165, 1.54) is 24.0 Å². The summed E-state index contributed by atoms with van der Waals surface area (Å²) in [6, 6.07) is 14.6. The highest BCUT2D eigenvalue weighted by Crippen LogP contribution is 2.29. The third-order valence-corrected chi connectivity index (χ3v) is 5.21. The molecule has 2 aromatic carbocycles. The maximum atomic E-state index is 6.23. The minimum absolute atomic E-state index is 0.0891. The summed E-state index contributed by atoms with van der Waals surface area (Å²) in [5, 5.41) is 3.32. The maximum Gasteiger partial charge on any atom is 0.193 e. The Labute approximate surface area is 162 Å². The quantitative estimate of drug-likeness (QED) is 0.606. The highest BCUT2D eigenvalue weighted by atomic mass is 16.5. The van der Waals surface area contributed by atoms with E-state index in [0.717, 1.165) is 29.8 Å². The predicted octanol–water partition coefficient (Wildman–Crippen LogP) is 3.60. The summed E-state index contributed by atoms with van der Waals surface area (Å²) >= 11 is 0. The summed E-state index contributed by atoms with van der Waals surface area (Å²) in [5.74, 6) is 1.32. The van der Waals surface area contributed by atoms with Gasteiger partial charge in [-0.15, -0.1) is 0 Å². The largest absolute Gasteiger partial charge is 0.496 e. The molecule has 27 heavy (non-hydrogen) atoms. The normalized spacial score (nSPS) is 15.3. The number of ether oxygens (including phenoxy) is 1. The third kappa shape index (κ3) is 4.61. The summed E-state index contributed by atoms with van der Waals surface area (Å²) in [6.07, 6.45) is 4.76. The second-order valence-electron chi connectivity index (χ2n) is 7.22. The van der Waals surface area contributed by atoms with Crippen molar-refractivity contribution in [3.8, 4) is 5.75 Å². The molecule has 1 aliphatic rings. The molecule has 0 aromatic heterocycles. The van der Waals surface area contributed by atoms with Crippen LogP contribution in [0.2, 0.25) is 0 Å². The molecule has 3 N–H and O–H groups in total. The van der Waals surface area contributed by atoms with E-state index >= 15 is 0 Å². The molecule has 0 aliphatic heterocycles. The molecule has 1 unspecified atom stereocenters. The smallest absolute Gasteiger partial charge is 0.193 e. The lowest BCUT2D eigenvalue weighted by atomic mass is 9.90. The van der Waals surface area contributed by atoms with Gasteiger partial charge in [0.2, 0.25) is 0 Å². The predicted molar refractivity (Wildman–Crippen MR) is 113 cm³/mol. The van der Waals surface area contributed by atoms with Gasteiger partial charge >= 0.3 is 0 Å². The number of rotatable bonds is 6. The number of methoxy groups -OCH3 is 1. The van der Waals surface area contributed by atoms with Crippen molar-refractivity contribution in [2.75, 3.05) is 33.1 Å². The fourth-order valence-corrected chi connectivity index (χ4v) is 3.74. The lowest BCUT2D eigenvalue weighted by molar-refractivity contribution is 0.295. The molecule has 3 rings (SSSR count). The molecule has 0 fully saturated rings. The van der Waals surface area contributed by atoms with Gasteiger partial charge in [0.1, 0.15) is 5.75 Å². The zero-order valence-electron chi connectivity index (χ0n) is 16.5. The fourth-order valence-electron chi connectivity index (χ4n) is 3.74. The average Bonchev–Trinajstić information content (AvgIpc) is 2.68. The number of anilines is 1. The molecule has 2 aromatic rings. The van der Waals surface area contributed by atoms with Crippen molar-refractivity contribution in [2.24, 2.45) is 10.7 Å². The maximum absolute atomic E-state index is 6.23. The van der Waals surface area contributed by atoms with Gasteiger partial charge in [0, 0.05) is 11.3 Å². The zero-order valence-corrected chi connectivity index (χ0v) is 16.5. The number of hydrogen-bond acceptors (Lipinski definition) is 3. The summed E-state index contributed by atoms with van der Waals surface area (Å²) in [5.41, 5.74) is 11.2. The molecule has 0 saturated heterocycles. The highest BCUT2D eigenvalue weighted by Gasteiger charge is 2.18.